The number of thiophene rings is 1. The number of aryl methyl sites for hydroxylation is 2. The highest BCUT2D eigenvalue weighted by Crippen LogP contribution is 2.22. The topological polar surface area (TPSA) is 87.7 Å². The van der Waals surface area contributed by atoms with Crippen LogP contribution in [0.25, 0.3) is 0 Å². The first-order chi connectivity index (χ1) is 10.0. The van der Waals surface area contributed by atoms with Crippen LogP contribution in [0.3, 0.4) is 0 Å². The molecular weight excluding hydrogens is 286 g/mol. The molecule has 6 heteroatoms. The van der Waals surface area contributed by atoms with Gasteiger partial charge in [-0.25, -0.2) is 0 Å². The van der Waals surface area contributed by atoms with Crippen molar-refractivity contribution in [2.75, 3.05) is 0 Å². The molecule has 1 heterocycles. The van der Waals surface area contributed by atoms with E-state index in [9.17, 15) is 4.79 Å². The van der Waals surface area contributed by atoms with Gasteiger partial charge in [0, 0.05) is 4.88 Å². The van der Waals surface area contributed by atoms with E-state index < -0.39 is 6.04 Å². The van der Waals surface area contributed by atoms with E-state index in [1.165, 1.54) is 11.3 Å². The van der Waals surface area contributed by atoms with Gasteiger partial charge in [0.2, 0.25) is 0 Å². The van der Waals surface area contributed by atoms with E-state index in [-0.39, 0.29) is 11.7 Å². The quantitative estimate of drug-likeness (QED) is 0.351. The van der Waals surface area contributed by atoms with Crippen LogP contribution < -0.4 is 11.1 Å². The molecule has 1 aromatic carbocycles. The lowest BCUT2D eigenvalue weighted by atomic mass is 10.1. The Balaban J connectivity index is 2.25. The van der Waals surface area contributed by atoms with Gasteiger partial charge in [0.05, 0.1) is 4.88 Å². The minimum Gasteiger partial charge on any atom is -0.409 e. The van der Waals surface area contributed by atoms with E-state index in [2.05, 4.69) is 10.5 Å². The summed E-state index contributed by atoms with van der Waals surface area (Å²) in [5, 5.41) is 14.7. The fourth-order valence-electron chi connectivity index (χ4n) is 1.92. The average molecular weight is 303 g/mol. The number of carbonyl (C=O) groups excluding carboxylic acids is 1. The lowest BCUT2D eigenvalue weighted by molar-refractivity contribution is 0.0950. The maximum absolute atomic E-state index is 12.3. The zero-order valence-electron chi connectivity index (χ0n) is 11.8. The van der Waals surface area contributed by atoms with Gasteiger partial charge < -0.3 is 16.3 Å². The lowest BCUT2D eigenvalue weighted by Crippen LogP contribution is -2.37. The molecule has 5 nitrogen and oxygen atoms in total. The van der Waals surface area contributed by atoms with Crippen molar-refractivity contribution in [3.05, 3.63) is 57.3 Å². The molecule has 1 aromatic heterocycles. The molecule has 0 spiro atoms. The van der Waals surface area contributed by atoms with E-state index in [0.717, 1.165) is 16.0 Å². The summed E-state index contributed by atoms with van der Waals surface area (Å²) < 4.78 is 0. The summed E-state index contributed by atoms with van der Waals surface area (Å²) in [6.45, 7) is 3.93. The van der Waals surface area contributed by atoms with E-state index in [4.69, 9.17) is 10.9 Å². The zero-order chi connectivity index (χ0) is 15.4. The van der Waals surface area contributed by atoms with E-state index in [0.29, 0.717) is 4.88 Å². The molecule has 0 saturated carbocycles. The Labute approximate surface area is 127 Å². The SMILES string of the molecule is Cc1cc(C(=O)NC(C(N)=NO)c2ccccc2)sc1C. The van der Waals surface area contributed by atoms with Crippen LogP contribution in [0, 0.1) is 13.8 Å². The molecule has 0 aliphatic heterocycles. The molecule has 2 rings (SSSR count). The van der Waals surface area contributed by atoms with Crippen LogP contribution in [0.2, 0.25) is 0 Å². The molecule has 0 aliphatic carbocycles. The Morgan fingerprint density at radius 3 is 2.52 bits per heavy atom. The Morgan fingerprint density at radius 1 is 1.33 bits per heavy atom. The molecular formula is C15H17N3O2S. The van der Waals surface area contributed by atoms with E-state index in [1.54, 1.807) is 0 Å². The molecule has 0 bridgehead atoms. The van der Waals surface area contributed by atoms with E-state index in [1.807, 2.05) is 50.2 Å². The van der Waals surface area contributed by atoms with Gasteiger partial charge in [-0.05, 0) is 31.0 Å². The molecule has 0 radical (unpaired) electrons. The number of nitrogens with two attached hydrogens (primary N) is 1. The van der Waals surface area contributed by atoms with Crippen molar-refractivity contribution in [3.63, 3.8) is 0 Å². The minimum atomic E-state index is -0.661. The Kier molecular flexibility index (Phi) is 4.59. The summed E-state index contributed by atoms with van der Waals surface area (Å²) in [7, 11) is 0. The van der Waals surface area contributed by atoms with Crippen LogP contribution in [0.5, 0.6) is 0 Å². The van der Waals surface area contributed by atoms with Gasteiger partial charge >= 0.3 is 0 Å². The monoisotopic (exact) mass is 303 g/mol. The Hall–Kier alpha value is -2.34. The Morgan fingerprint density at radius 2 is 2.00 bits per heavy atom. The summed E-state index contributed by atoms with van der Waals surface area (Å²) in [5.74, 6) is -0.295. The second kappa shape index (κ2) is 6.41. The smallest absolute Gasteiger partial charge is 0.262 e. The predicted molar refractivity (Wildman–Crippen MR) is 83.9 cm³/mol. The highest BCUT2D eigenvalue weighted by Gasteiger charge is 2.21. The minimum absolute atomic E-state index is 0.0560. The molecule has 0 saturated heterocycles. The number of hydrogen-bond acceptors (Lipinski definition) is 4. The molecule has 110 valence electrons. The molecule has 1 amide bonds. The fourth-order valence-corrected chi connectivity index (χ4v) is 2.86. The van der Waals surface area contributed by atoms with Gasteiger partial charge in [-0.1, -0.05) is 35.5 Å². The van der Waals surface area contributed by atoms with Crippen LogP contribution in [-0.4, -0.2) is 17.0 Å². The summed E-state index contributed by atoms with van der Waals surface area (Å²) in [6, 6.07) is 10.3. The summed E-state index contributed by atoms with van der Waals surface area (Å²) >= 11 is 1.42. The van der Waals surface area contributed by atoms with Crippen molar-refractivity contribution in [3.8, 4) is 0 Å². The number of nitrogens with zero attached hydrogens (tertiary/aromatic N) is 1. The van der Waals surface area contributed by atoms with Gasteiger partial charge in [0.1, 0.15) is 6.04 Å². The molecule has 21 heavy (non-hydrogen) atoms. The zero-order valence-corrected chi connectivity index (χ0v) is 12.6. The average Bonchev–Trinajstić information content (AvgIpc) is 2.84. The maximum Gasteiger partial charge on any atom is 0.262 e. The largest absolute Gasteiger partial charge is 0.409 e. The highest BCUT2D eigenvalue weighted by molar-refractivity contribution is 7.14. The molecule has 2 aromatic rings. The third-order valence-corrected chi connectivity index (χ3v) is 4.36. The number of oxime groups is 1. The van der Waals surface area contributed by atoms with Gasteiger partial charge in [0.15, 0.2) is 5.84 Å². The number of rotatable bonds is 4. The molecule has 0 aliphatic rings. The fraction of sp³-hybridized carbons (Fsp3) is 0.200. The van der Waals surface area contributed by atoms with Gasteiger partial charge in [-0.2, -0.15) is 0 Å². The summed E-state index contributed by atoms with van der Waals surface area (Å²) in [6.07, 6.45) is 0. The van der Waals surface area contributed by atoms with Crippen LogP contribution in [-0.2, 0) is 0 Å². The predicted octanol–water partition coefficient (Wildman–Crippen LogP) is 2.58. The first kappa shape index (κ1) is 15.1. The number of carbonyl (C=O) groups is 1. The summed E-state index contributed by atoms with van der Waals surface area (Å²) in [5.41, 5.74) is 7.53. The van der Waals surface area contributed by atoms with Crippen LogP contribution in [0.1, 0.15) is 31.7 Å². The second-order valence-corrected chi connectivity index (χ2v) is 5.95. The molecule has 0 fully saturated rings. The van der Waals surface area contributed by atoms with Gasteiger partial charge in [-0.15, -0.1) is 11.3 Å². The molecule has 1 unspecified atom stereocenters. The first-order valence-electron chi connectivity index (χ1n) is 6.43. The maximum atomic E-state index is 12.3. The second-order valence-electron chi connectivity index (χ2n) is 4.69. The number of amidine groups is 1. The Bertz CT molecular complexity index is 645. The lowest BCUT2D eigenvalue weighted by Gasteiger charge is -2.17. The third kappa shape index (κ3) is 3.41. The van der Waals surface area contributed by atoms with E-state index >= 15 is 0 Å². The van der Waals surface area contributed by atoms with Crippen molar-refractivity contribution >= 4 is 23.1 Å². The van der Waals surface area contributed by atoms with Crippen LogP contribution in [0.15, 0.2) is 41.6 Å². The number of amides is 1. The highest BCUT2D eigenvalue weighted by atomic mass is 32.1. The van der Waals surface area contributed by atoms with Crippen LogP contribution in [0.4, 0.5) is 0 Å². The van der Waals surface area contributed by atoms with Gasteiger partial charge in [0.25, 0.3) is 5.91 Å². The van der Waals surface area contributed by atoms with Crippen molar-refractivity contribution in [2.45, 2.75) is 19.9 Å². The summed E-state index contributed by atoms with van der Waals surface area (Å²) in [4.78, 5) is 14.0. The third-order valence-electron chi connectivity index (χ3n) is 3.21. The number of hydrogen-bond donors (Lipinski definition) is 3. The number of nitrogens with one attached hydrogen (secondary N) is 1. The van der Waals surface area contributed by atoms with Crippen LogP contribution >= 0.6 is 11.3 Å². The molecule has 4 N–H and O–H groups in total. The van der Waals surface area contributed by atoms with Crippen molar-refractivity contribution < 1.29 is 10.0 Å². The van der Waals surface area contributed by atoms with Crippen molar-refractivity contribution in [1.29, 1.82) is 0 Å². The standard InChI is InChI=1S/C15H17N3O2S/c1-9-8-12(21-10(9)2)15(19)17-13(14(16)18-20)11-6-4-3-5-7-11/h3-8,13,20H,1-2H3,(H2,16,18)(H,17,19). The molecule has 1 atom stereocenters. The van der Waals surface area contributed by atoms with Crippen molar-refractivity contribution in [2.24, 2.45) is 10.9 Å². The van der Waals surface area contributed by atoms with Gasteiger partial charge in [-0.3, -0.25) is 4.79 Å². The first-order valence-corrected chi connectivity index (χ1v) is 7.25. The normalized spacial score (nSPS) is 13.0. The van der Waals surface area contributed by atoms with Crippen molar-refractivity contribution in [1.82, 2.24) is 5.32 Å². The number of benzene rings is 1.